The molecule has 32 heavy (non-hydrogen) atoms. The summed E-state index contributed by atoms with van der Waals surface area (Å²) >= 11 is 5.72. The van der Waals surface area contributed by atoms with Crippen LogP contribution < -0.4 is 10.2 Å². The third kappa shape index (κ3) is 3.46. The maximum absolute atomic E-state index is 14.9. The molecule has 0 spiro atoms. The van der Waals surface area contributed by atoms with Gasteiger partial charge in [-0.15, -0.1) is 0 Å². The predicted molar refractivity (Wildman–Crippen MR) is 130 cm³/mol. The molecule has 0 amide bonds. The lowest BCUT2D eigenvalue weighted by molar-refractivity contribution is 0.542. The van der Waals surface area contributed by atoms with Gasteiger partial charge >= 0.3 is 0 Å². The zero-order valence-electron chi connectivity index (χ0n) is 17.9. The fourth-order valence-electron chi connectivity index (χ4n) is 4.31. The lowest BCUT2D eigenvalue weighted by atomic mass is 10.0. The highest BCUT2D eigenvalue weighted by atomic mass is 32.1. The molecular weight excluding hydrogens is 419 g/mol. The molecule has 2 aromatic heterocycles. The predicted octanol–water partition coefficient (Wildman–Crippen LogP) is 5.81. The number of thiocarbonyl (C=S) groups is 1. The van der Waals surface area contributed by atoms with E-state index in [4.69, 9.17) is 12.2 Å². The number of hydrogen-bond donors (Lipinski definition) is 1. The van der Waals surface area contributed by atoms with Crippen molar-refractivity contribution in [3.05, 3.63) is 114 Å². The second kappa shape index (κ2) is 8.20. The summed E-state index contributed by atoms with van der Waals surface area (Å²) in [7, 11) is 0. The molecule has 0 saturated carbocycles. The second-order valence-corrected chi connectivity index (χ2v) is 8.41. The van der Waals surface area contributed by atoms with Gasteiger partial charge in [0, 0.05) is 23.8 Å². The van der Waals surface area contributed by atoms with Gasteiger partial charge in [0.05, 0.1) is 17.4 Å². The number of nitrogens with zero attached hydrogens (tertiary/aromatic N) is 3. The summed E-state index contributed by atoms with van der Waals surface area (Å²) in [4.78, 5) is 6.45. The van der Waals surface area contributed by atoms with Crippen LogP contribution in [0.3, 0.4) is 0 Å². The van der Waals surface area contributed by atoms with Crippen LogP contribution in [-0.2, 0) is 0 Å². The summed E-state index contributed by atoms with van der Waals surface area (Å²) in [5.74, 6) is -0.312. The number of para-hydroxylation sites is 1. The van der Waals surface area contributed by atoms with Gasteiger partial charge in [-0.1, -0.05) is 24.3 Å². The first kappa shape index (κ1) is 20.4. The maximum Gasteiger partial charge on any atom is 0.174 e. The van der Waals surface area contributed by atoms with Crippen LogP contribution in [0.1, 0.15) is 34.6 Å². The Morgan fingerprint density at radius 3 is 2.50 bits per heavy atom. The van der Waals surface area contributed by atoms with E-state index in [0.717, 1.165) is 17.1 Å². The molecule has 5 rings (SSSR count). The van der Waals surface area contributed by atoms with Crippen molar-refractivity contribution < 1.29 is 4.39 Å². The maximum atomic E-state index is 14.9. The van der Waals surface area contributed by atoms with Gasteiger partial charge in [0.15, 0.2) is 5.11 Å². The Morgan fingerprint density at radius 1 is 0.938 bits per heavy atom. The summed E-state index contributed by atoms with van der Waals surface area (Å²) < 4.78 is 17.1. The Kier molecular flexibility index (Phi) is 5.23. The number of rotatable bonds is 4. The standard InChI is InChI=1S/C26H23FN4S/c1-17-12-13-19(16-18(17)2)30-15-7-11-23(30)25-24(21-9-5-6-14-28-21)29-26(32)31(25)22-10-4-3-8-20(22)27/h3-16,24-25H,1-2H3,(H,29,32)/t24-,25+/m1/s1. The number of nitrogens with one attached hydrogen (secondary N) is 1. The van der Waals surface area contributed by atoms with E-state index < -0.39 is 0 Å². The van der Waals surface area contributed by atoms with Crippen LogP contribution in [0, 0.1) is 19.7 Å². The average Bonchev–Trinajstić information content (AvgIpc) is 3.41. The largest absolute Gasteiger partial charge is 0.351 e. The van der Waals surface area contributed by atoms with Gasteiger partial charge in [-0.3, -0.25) is 4.98 Å². The van der Waals surface area contributed by atoms with Crippen molar-refractivity contribution in [2.75, 3.05) is 4.90 Å². The van der Waals surface area contributed by atoms with Gasteiger partial charge in [0.25, 0.3) is 0 Å². The van der Waals surface area contributed by atoms with Crippen LogP contribution in [0.25, 0.3) is 5.69 Å². The molecule has 2 atom stereocenters. The number of anilines is 1. The number of pyridine rings is 1. The van der Waals surface area contributed by atoms with E-state index in [1.807, 2.05) is 41.4 Å². The first-order valence-corrected chi connectivity index (χ1v) is 11.0. The number of aryl methyl sites for hydroxylation is 2. The molecule has 6 heteroatoms. The van der Waals surface area contributed by atoms with E-state index in [-0.39, 0.29) is 17.9 Å². The number of aromatic nitrogens is 2. The average molecular weight is 443 g/mol. The lowest BCUT2D eigenvalue weighted by Crippen LogP contribution is -2.31. The molecular formula is C26H23FN4S. The van der Waals surface area contributed by atoms with E-state index in [0.29, 0.717) is 10.8 Å². The van der Waals surface area contributed by atoms with Crippen molar-refractivity contribution in [3.8, 4) is 5.69 Å². The van der Waals surface area contributed by atoms with Crippen LogP contribution in [0.4, 0.5) is 10.1 Å². The van der Waals surface area contributed by atoms with Crippen molar-refractivity contribution >= 4 is 23.0 Å². The molecule has 0 aliphatic carbocycles. The van der Waals surface area contributed by atoms with Gasteiger partial charge < -0.3 is 14.8 Å². The monoisotopic (exact) mass is 442 g/mol. The van der Waals surface area contributed by atoms with Crippen molar-refractivity contribution in [1.29, 1.82) is 0 Å². The molecule has 4 nitrogen and oxygen atoms in total. The SMILES string of the molecule is Cc1ccc(-n2cccc2[C@H]2[C@@H](c3ccccn3)NC(=S)N2c2ccccc2F)cc1C. The minimum Gasteiger partial charge on any atom is -0.351 e. The van der Waals surface area contributed by atoms with Gasteiger partial charge in [0.1, 0.15) is 11.9 Å². The molecule has 0 bridgehead atoms. The Labute approximate surface area is 192 Å². The second-order valence-electron chi connectivity index (χ2n) is 8.02. The third-order valence-electron chi connectivity index (χ3n) is 6.06. The highest BCUT2D eigenvalue weighted by Gasteiger charge is 2.42. The highest BCUT2D eigenvalue weighted by molar-refractivity contribution is 7.80. The van der Waals surface area contributed by atoms with Crippen LogP contribution in [0.2, 0.25) is 0 Å². The molecule has 1 aliphatic heterocycles. The minimum absolute atomic E-state index is 0.233. The summed E-state index contributed by atoms with van der Waals surface area (Å²) in [6, 6.07) is 22.5. The quantitative estimate of drug-likeness (QED) is 0.405. The van der Waals surface area contributed by atoms with Crippen molar-refractivity contribution in [2.24, 2.45) is 0 Å². The Balaban J connectivity index is 1.69. The van der Waals surface area contributed by atoms with Crippen molar-refractivity contribution in [1.82, 2.24) is 14.9 Å². The summed E-state index contributed by atoms with van der Waals surface area (Å²) in [5.41, 5.74) is 5.81. The summed E-state index contributed by atoms with van der Waals surface area (Å²) in [6.45, 7) is 4.21. The fraction of sp³-hybridized carbons (Fsp3) is 0.154. The van der Waals surface area contributed by atoms with E-state index in [9.17, 15) is 4.39 Å². The fourth-order valence-corrected chi connectivity index (χ4v) is 4.65. The molecule has 2 aromatic carbocycles. The first-order chi connectivity index (χ1) is 15.5. The molecule has 0 unspecified atom stereocenters. The molecule has 1 saturated heterocycles. The summed E-state index contributed by atoms with van der Waals surface area (Å²) in [6.07, 6.45) is 3.81. The van der Waals surface area contributed by atoms with E-state index >= 15 is 0 Å². The van der Waals surface area contributed by atoms with Crippen molar-refractivity contribution in [3.63, 3.8) is 0 Å². The highest BCUT2D eigenvalue weighted by Crippen LogP contribution is 2.42. The smallest absolute Gasteiger partial charge is 0.174 e. The van der Waals surface area contributed by atoms with E-state index in [1.54, 1.807) is 18.3 Å². The van der Waals surface area contributed by atoms with Crippen molar-refractivity contribution in [2.45, 2.75) is 25.9 Å². The van der Waals surface area contributed by atoms with E-state index in [2.05, 4.69) is 53.0 Å². The molecule has 1 fully saturated rings. The molecule has 4 aromatic rings. The van der Waals surface area contributed by atoms with Crippen LogP contribution in [0.15, 0.2) is 85.2 Å². The number of halogens is 1. The Bertz CT molecular complexity index is 1280. The Hall–Kier alpha value is -3.51. The molecule has 1 N–H and O–H groups in total. The topological polar surface area (TPSA) is 33.1 Å². The van der Waals surface area contributed by atoms with Crippen LogP contribution in [-0.4, -0.2) is 14.7 Å². The van der Waals surface area contributed by atoms with Gasteiger partial charge in [-0.05, 0) is 85.7 Å². The van der Waals surface area contributed by atoms with Crippen LogP contribution >= 0.6 is 12.2 Å². The molecule has 160 valence electrons. The molecule has 1 aliphatic rings. The normalized spacial score (nSPS) is 18.1. The number of benzene rings is 2. The summed E-state index contributed by atoms with van der Waals surface area (Å²) in [5, 5.41) is 3.87. The van der Waals surface area contributed by atoms with Gasteiger partial charge in [-0.2, -0.15) is 0 Å². The number of hydrogen-bond acceptors (Lipinski definition) is 2. The minimum atomic E-state index is -0.312. The Morgan fingerprint density at radius 2 is 1.75 bits per heavy atom. The molecule has 0 radical (unpaired) electrons. The lowest BCUT2D eigenvalue weighted by Gasteiger charge is -2.29. The van der Waals surface area contributed by atoms with Crippen LogP contribution in [0.5, 0.6) is 0 Å². The zero-order chi connectivity index (χ0) is 22.2. The molecule has 3 heterocycles. The zero-order valence-corrected chi connectivity index (χ0v) is 18.7. The first-order valence-electron chi connectivity index (χ1n) is 10.5. The third-order valence-corrected chi connectivity index (χ3v) is 6.38. The van der Waals surface area contributed by atoms with E-state index in [1.165, 1.54) is 17.2 Å². The van der Waals surface area contributed by atoms with Gasteiger partial charge in [-0.25, -0.2) is 4.39 Å². The van der Waals surface area contributed by atoms with Gasteiger partial charge in [0.2, 0.25) is 0 Å².